The monoisotopic (exact) mass is 158 g/mol. The van der Waals surface area contributed by atoms with Gasteiger partial charge in [0, 0.05) is 5.92 Å². The van der Waals surface area contributed by atoms with Crippen LogP contribution < -0.4 is 0 Å². The highest BCUT2D eigenvalue weighted by molar-refractivity contribution is 5.41. The molecule has 0 N–H and O–H groups in total. The van der Waals surface area contributed by atoms with Gasteiger partial charge >= 0.3 is 0 Å². The zero-order valence-electron chi connectivity index (χ0n) is 7.67. The van der Waals surface area contributed by atoms with Crippen LogP contribution in [0.3, 0.4) is 0 Å². The van der Waals surface area contributed by atoms with Crippen LogP contribution in [-0.4, -0.2) is 0 Å². The van der Waals surface area contributed by atoms with Crippen molar-refractivity contribution in [2.24, 2.45) is 5.92 Å². The van der Waals surface area contributed by atoms with Crippen molar-refractivity contribution in [2.75, 3.05) is 0 Å². The van der Waals surface area contributed by atoms with Crippen LogP contribution in [0.15, 0.2) is 47.1 Å². The van der Waals surface area contributed by atoms with Crippen LogP contribution in [0.1, 0.15) is 20.3 Å². The Balaban J connectivity index is 2.40. The summed E-state index contributed by atoms with van der Waals surface area (Å²) >= 11 is 0. The molecule has 0 fully saturated rings. The van der Waals surface area contributed by atoms with E-state index in [4.69, 9.17) is 0 Å². The van der Waals surface area contributed by atoms with E-state index in [2.05, 4.69) is 44.2 Å². The second-order valence-electron chi connectivity index (χ2n) is 3.70. The van der Waals surface area contributed by atoms with Crippen LogP contribution in [-0.2, 0) is 0 Å². The smallest absolute Gasteiger partial charge is 0.0196 e. The number of hydrogen-bond acceptors (Lipinski definition) is 0. The molecule has 0 bridgehead atoms. The molecule has 0 saturated carbocycles. The second kappa shape index (κ2) is 2.78. The molecule has 0 heteroatoms. The fraction of sp³-hybridized carbons (Fsp3) is 0.333. The van der Waals surface area contributed by atoms with Crippen molar-refractivity contribution in [3.8, 4) is 0 Å². The minimum Gasteiger partial charge on any atom is -0.0740 e. The molecule has 1 atom stereocenters. The number of fused-ring (bicyclic) bond motifs is 1. The van der Waals surface area contributed by atoms with Crippen molar-refractivity contribution < 1.29 is 0 Å². The molecule has 0 amide bonds. The summed E-state index contributed by atoms with van der Waals surface area (Å²) in [4.78, 5) is 0. The molecule has 0 aliphatic heterocycles. The maximum atomic E-state index is 2.38. The lowest BCUT2D eigenvalue weighted by molar-refractivity contribution is 0.908. The predicted octanol–water partition coefficient (Wildman–Crippen LogP) is 3.40. The van der Waals surface area contributed by atoms with Gasteiger partial charge in [-0.3, -0.25) is 0 Å². The summed E-state index contributed by atoms with van der Waals surface area (Å²) in [6.45, 7) is 4.43. The molecule has 1 unspecified atom stereocenters. The van der Waals surface area contributed by atoms with Gasteiger partial charge < -0.3 is 0 Å². The summed E-state index contributed by atoms with van der Waals surface area (Å²) in [7, 11) is 0. The Hall–Kier alpha value is -1.04. The fourth-order valence-corrected chi connectivity index (χ4v) is 1.96. The van der Waals surface area contributed by atoms with E-state index < -0.39 is 0 Å². The van der Waals surface area contributed by atoms with Gasteiger partial charge in [-0.25, -0.2) is 0 Å². The van der Waals surface area contributed by atoms with E-state index in [-0.39, 0.29) is 0 Å². The molecule has 0 saturated heterocycles. The normalized spacial score (nSPS) is 27.2. The summed E-state index contributed by atoms with van der Waals surface area (Å²) in [5.74, 6) is 0.597. The highest BCUT2D eigenvalue weighted by Gasteiger charge is 2.20. The molecule has 2 rings (SSSR count). The van der Waals surface area contributed by atoms with E-state index in [1.54, 1.807) is 5.57 Å². The topological polar surface area (TPSA) is 0 Å². The van der Waals surface area contributed by atoms with Gasteiger partial charge in [0.05, 0.1) is 0 Å². The van der Waals surface area contributed by atoms with Crippen molar-refractivity contribution >= 4 is 0 Å². The van der Waals surface area contributed by atoms with Crippen molar-refractivity contribution in [3.05, 3.63) is 47.1 Å². The maximum Gasteiger partial charge on any atom is 0.0196 e. The van der Waals surface area contributed by atoms with Crippen molar-refractivity contribution in [2.45, 2.75) is 20.3 Å². The molecule has 2 aliphatic carbocycles. The Morgan fingerprint density at radius 1 is 1.17 bits per heavy atom. The van der Waals surface area contributed by atoms with E-state index in [1.165, 1.54) is 17.6 Å². The Morgan fingerprint density at radius 2 is 1.92 bits per heavy atom. The molecule has 0 radical (unpaired) electrons. The van der Waals surface area contributed by atoms with E-state index in [9.17, 15) is 0 Å². The molecular formula is C12H14. The average Bonchev–Trinajstić information content (AvgIpc) is 2.33. The number of rotatable bonds is 0. The molecule has 2 aliphatic rings. The first-order valence-electron chi connectivity index (χ1n) is 4.48. The first kappa shape index (κ1) is 7.60. The maximum absolute atomic E-state index is 2.38. The summed E-state index contributed by atoms with van der Waals surface area (Å²) in [5, 5.41) is 0. The highest BCUT2D eigenvalue weighted by atomic mass is 14.2. The van der Waals surface area contributed by atoms with Crippen molar-refractivity contribution in [1.82, 2.24) is 0 Å². The molecule has 0 nitrogen and oxygen atoms in total. The Morgan fingerprint density at radius 3 is 2.75 bits per heavy atom. The van der Waals surface area contributed by atoms with E-state index in [1.807, 2.05) is 0 Å². The summed E-state index contributed by atoms with van der Waals surface area (Å²) in [5.41, 5.74) is 4.52. The molecule has 0 aromatic rings. The van der Waals surface area contributed by atoms with Gasteiger partial charge in [-0.05, 0) is 20.3 Å². The largest absolute Gasteiger partial charge is 0.0740 e. The van der Waals surface area contributed by atoms with Gasteiger partial charge in [-0.1, -0.05) is 47.1 Å². The zero-order chi connectivity index (χ0) is 8.55. The Bertz CT molecular complexity index is 311. The van der Waals surface area contributed by atoms with Gasteiger partial charge in [0.2, 0.25) is 0 Å². The van der Waals surface area contributed by atoms with Gasteiger partial charge in [-0.15, -0.1) is 0 Å². The quantitative estimate of drug-likeness (QED) is 0.474. The third-order valence-corrected chi connectivity index (χ3v) is 2.60. The van der Waals surface area contributed by atoms with Crippen molar-refractivity contribution in [3.63, 3.8) is 0 Å². The van der Waals surface area contributed by atoms with Crippen LogP contribution in [0, 0.1) is 5.92 Å². The predicted molar refractivity (Wildman–Crippen MR) is 52.8 cm³/mol. The molecule has 0 aromatic carbocycles. The molecule has 0 aromatic heterocycles. The van der Waals surface area contributed by atoms with Gasteiger partial charge in [0.15, 0.2) is 0 Å². The first-order chi connectivity index (χ1) is 5.77. The lowest BCUT2D eigenvalue weighted by Gasteiger charge is -2.09. The fourth-order valence-electron chi connectivity index (χ4n) is 1.96. The van der Waals surface area contributed by atoms with Crippen molar-refractivity contribution in [1.29, 1.82) is 0 Å². The van der Waals surface area contributed by atoms with Crippen LogP contribution in [0.25, 0.3) is 0 Å². The van der Waals surface area contributed by atoms with E-state index in [0.29, 0.717) is 5.92 Å². The van der Waals surface area contributed by atoms with E-state index in [0.717, 1.165) is 0 Å². The third-order valence-electron chi connectivity index (χ3n) is 2.60. The molecule has 62 valence electrons. The van der Waals surface area contributed by atoms with Crippen LogP contribution in [0.2, 0.25) is 0 Å². The first-order valence-corrected chi connectivity index (χ1v) is 4.48. The van der Waals surface area contributed by atoms with Gasteiger partial charge in [-0.2, -0.15) is 0 Å². The standard InChI is InChI=1S/C12H14/c1-9-7-11-6-4-3-5-10(2)12(11)8-9/h3-6,8,12H,7H2,1-2H3. The van der Waals surface area contributed by atoms with E-state index >= 15 is 0 Å². The zero-order valence-corrected chi connectivity index (χ0v) is 7.67. The molecule has 0 heterocycles. The summed E-state index contributed by atoms with van der Waals surface area (Å²) < 4.78 is 0. The Kier molecular flexibility index (Phi) is 1.76. The third kappa shape index (κ3) is 1.18. The molecule has 12 heavy (non-hydrogen) atoms. The lowest BCUT2D eigenvalue weighted by Crippen LogP contribution is -1.95. The van der Waals surface area contributed by atoms with Crippen LogP contribution >= 0.6 is 0 Å². The van der Waals surface area contributed by atoms with Gasteiger partial charge in [0.1, 0.15) is 0 Å². The second-order valence-corrected chi connectivity index (χ2v) is 3.70. The SMILES string of the molecule is CC1=CC2C(C)=CC=CC=C2C1. The minimum absolute atomic E-state index is 0.597. The number of allylic oxidation sites excluding steroid dienone is 8. The summed E-state index contributed by atoms with van der Waals surface area (Å²) in [6.07, 6.45) is 12.3. The average molecular weight is 158 g/mol. The Labute approximate surface area is 74.0 Å². The van der Waals surface area contributed by atoms with Crippen LogP contribution in [0.5, 0.6) is 0 Å². The highest BCUT2D eigenvalue weighted by Crippen LogP contribution is 2.35. The molecular weight excluding hydrogens is 144 g/mol. The molecule has 0 spiro atoms. The van der Waals surface area contributed by atoms with Gasteiger partial charge in [0.25, 0.3) is 0 Å². The number of hydrogen-bond donors (Lipinski definition) is 0. The minimum atomic E-state index is 0.597. The summed E-state index contributed by atoms with van der Waals surface area (Å²) in [6, 6.07) is 0. The lowest BCUT2D eigenvalue weighted by atomic mass is 9.96. The van der Waals surface area contributed by atoms with Crippen LogP contribution in [0.4, 0.5) is 0 Å².